The summed E-state index contributed by atoms with van der Waals surface area (Å²) in [7, 11) is 3.86. The minimum atomic E-state index is -0.533. The highest BCUT2D eigenvalue weighted by Gasteiger charge is 2.28. The number of amides is 2. The molecule has 0 unspecified atom stereocenters. The van der Waals surface area contributed by atoms with E-state index in [0.29, 0.717) is 23.6 Å². The number of aryl methyl sites for hydroxylation is 3. The lowest BCUT2D eigenvalue weighted by molar-refractivity contribution is 0.0664. The van der Waals surface area contributed by atoms with E-state index in [1.54, 1.807) is 11.7 Å². The third-order valence-corrected chi connectivity index (χ3v) is 6.62. The Morgan fingerprint density at radius 3 is 2.56 bits per heavy atom. The molecule has 1 aromatic carbocycles. The highest BCUT2D eigenvalue weighted by Crippen LogP contribution is 2.34. The average molecular weight is 461 g/mol. The van der Waals surface area contributed by atoms with Crippen molar-refractivity contribution >= 4 is 23.5 Å². The normalized spacial score (nSPS) is 15.6. The molecule has 2 amide bonds. The minimum Gasteiger partial charge on any atom is -0.364 e. The molecule has 3 N–H and O–H groups in total. The molecule has 1 fully saturated rings. The Bertz CT molecular complexity index is 1290. The summed E-state index contributed by atoms with van der Waals surface area (Å²) >= 11 is 0. The Kier molecular flexibility index (Phi) is 5.52. The van der Waals surface area contributed by atoms with Gasteiger partial charge in [0, 0.05) is 56.2 Å². The molecule has 0 radical (unpaired) electrons. The minimum absolute atomic E-state index is 0.0572. The third kappa shape index (κ3) is 3.90. The molecule has 0 spiro atoms. The van der Waals surface area contributed by atoms with Crippen LogP contribution in [0.5, 0.6) is 0 Å². The molecule has 0 atom stereocenters. The first-order valence-electron chi connectivity index (χ1n) is 11.4. The van der Waals surface area contributed by atoms with Crippen LogP contribution in [-0.4, -0.2) is 74.6 Å². The van der Waals surface area contributed by atoms with Crippen LogP contribution in [0.15, 0.2) is 24.4 Å². The molecule has 10 heteroatoms. The number of nitrogens with zero attached hydrogens (tertiary/aromatic N) is 6. The van der Waals surface area contributed by atoms with Crippen LogP contribution < -0.4 is 11.1 Å². The number of piperazine rings is 1. The molecule has 0 saturated carbocycles. The van der Waals surface area contributed by atoms with E-state index >= 15 is 0 Å². The van der Waals surface area contributed by atoms with Gasteiger partial charge in [-0.1, -0.05) is 0 Å². The Labute approximate surface area is 197 Å². The monoisotopic (exact) mass is 460 g/mol. The zero-order valence-corrected chi connectivity index (χ0v) is 19.6. The van der Waals surface area contributed by atoms with Gasteiger partial charge in [-0.25, -0.2) is 9.97 Å². The predicted octanol–water partition coefficient (Wildman–Crippen LogP) is 1.51. The summed E-state index contributed by atoms with van der Waals surface area (Å²) < 4.78 is 1.66. The smallest absolute Gasteiger partial charge is 0.269 e. The van der Waals surface area contributed by atoms with E-state index < -0.39 is 5.91 Å². The zero-order valence-electron chi connectivity index (χ0n) is 19.6. The number of anilines is 2. The van der Waals surface area contributed by atoms with Gasteiger partial charge in [0.2, 0.25) is 5.95 Å². The maximum Gasteiger partial charge on any atom is 0.269 e. The quantitative estimate of drug-likeness (QED) is 0.605. The van der Waals surface area contributed by atoms with Gasteiger partial charge in [-0.2, -0.15) is 5.10 Å². The number of carbonyl (C=O) groups excluding carboxylic acids is 2. The molecule has 5 rings (SSSR count). The van der Waals surface area contributed by atoms with Crippen molar-refractivity contribution in [2.75, 3.05) is 38.5 Å². The van der Waals surface area contributed by atoms with Gasteiger partial charge in [0.05, 0.1) is 11.4 Å². The number of likely N-dealkylation sites (N-methyl/N-ethyl adjacent to an activating group) is 1. The highest BCUT2D eigenvalue weighted by molar-refractivity contribution is 5.95. The van der Waals surface area contributed by atoms with Crippen molar-refractivity contribution in [2.24, 2.45) is 12.8 Å². The molecule has 0 bridgehead atoms. The van der Waals surface area contributed by atoms with Gasteiger partial charge in [-0.3, -0.25) is 14.3 Å². The predicted molar refractivity (Wildman–Crippen MR) is 128 cm³/mol. The molecule has 1 saturated heterocycles. The van der Waals surface area contributed by atoms with Crippen LogP contribution in [0.4, 0.5) is 11.6 Å². The fourth-order valence-corrected chi connectivity index (χ4v) is 4.66. The van der Waals surface area contributed by atoms with E-state index in [4.69, 9.17) is 10.7 Å². The lowest BCUT2D eigenvalue weighted by atomic mass is 9.93. The number of benzene rings is 1. The van der Waals surface area contributed by atoms with Crippen molar-refractivity contribution in [2.45, 2.75) is 19.8 Å². The molecular weight excluding hydrogens is 432 g/mol. The van der Waals surface area contributed by atoms with E-state index in [0.717, 1.165) is 66.4 Å². The van der Waals surface area contributed by atoms with Gasteiger partial charge in [0.1, 0.15) is 0 Å². The Morgan fingerprint density at radius 1 is 1.09 bits per heavy atom. The zero-order chi connectivity index (χ0) is 24.0. The number of aromatic nitrogens is 4. The second kappa shape index (κ2) is 8.53. The molecular formula is C24H28N8O2. The summed E-state index contributed by atoms with van der Waals surface area (Å²) in [5.41, 5.74) is 11.6. The third-order valence-electron chi connectivity index (χ3n) is 6.62. The molecule has 34 heavy (non-hydrogen) atoms. The van der Waals surface area contributed by atoms with Crippen LogP contribution in [0.25, 0.3) is 11.4 Å². The standard InChI is InChI=1S/C24H28N8O2/c1-14-12-15(23(34)32-10-8-30(2)9-11-32)5-7-18(14)27-24-26-13-16-4-6-17-20(22(25)33)29-31(3)21(17)19(16)28-24/h5,7,12-13H,4,6,8-11H2,1-3H3,(H2,25,33)(H,26,27,28). The van der Waals surface area contributed by atoms with Crippen molar-refractivity contribution in [3.8, 4) is 11.4 Å². The lowest BCUT2D eigenvalue weighted by Crippen LogP contribution is -2.47. The number of hydrogen-bond donors (Lipinski definition) is 2. The van der Waals surface area contributed by atoms with E-state index in [2.05, 4.69) is 27.3 Å². The molecule has 3 aromatic rings. The van der Waals surface area contributed by atoms with E-state index in [9.17, 15) is 9.59 Å². The van der Waals surface area contributed by atoms with Crippen molar-refractivity contribution < 1.29 is 9.59 Å². The molecule has 1 aliphatic carbocycles. The average Bonchev–Trinajstić information content (AvgIpc) is 3.17. The summed E-state index contributed by atoms with van der Waals surface area (Å²) in [4.78, 5) is 38.1. The fourth-order valence-electron chi connectivity index (χ4n) is 4.66. The number of nitrogens with two attached hydrogens (primary N) is 1. The molecule has 1 aliphatic heterocycles. The van der Waals surface area contributed by atoms with Gasteiger partial charge in [0.15, 0.2) is 5.69 Å². The van der Waals surface area contributed by atoms with Crippen LogP contribution in [0.2, 0.25) is 0 Å². The van der Waals surface area contributed by atoms with Crippen molar-refractivity contribution in [1.82, 2.24) is 29.5 Å². The first-order valence-corrected chi connectivity index (χ1v) is 11.4. The summed E-state index contributed by atoms with van der Waals surface area (Å²) in [6, 6.07) is 5.63. The second-order valence-electron chi connectivity index (χ2n) is 8.98. The number of carbonyl (C=O) groups is 2. The maximum atomic E-state index is 12.9. The van der Waals surface area contributed by atoms with Crippen LogP contribution in [-0.2, 0) is 19.9 Å². The topological polar surface area (TPSA) is 122 Å². The Hall–Kier alpha value is -3.79. The summed E-state index contributed by atoms with van der Waals surface area (Å²) in [5.74, 6) is -0.0361. The van der Waals surface area contributed by atoms with E-state index in [1.165, 1.54) is 0 Å². The Balaban J connectivity index is 1.39. The number of primary amides is 1. The van der Waals surface area contributed by atoms with Gasteiger partial charge in [-0.05, 0) is 56.1 Å². The van der Waals surface area contributed by atoms with Crippen LogP contribution in [0.3, 0.4) is 0 Å². The van der Waals surface area contributed by atoms with Gasteiger partial charge in [0.25, 0.3) is 11.8 Å². The fraction of sp³-hybridized carbons (Fsp3) is 0.375. The van der Waals surface area contributed by atoms with Crippen LogP contribution >= 0.6 is 0 Å². The SMILES string of the molecule is Cc1cc(C(=O)N2CCN(C)CC2)ccc1Nc1ncc2c(n1)-c1c(c(C(N)=O)nn1C)CC2. The maximum absolute atomic E-state index is 12.9. The number of hydrogen-bond acceptors (Lipinski definition) is 7. The van der Waals surface area contributed by atoms with Gasteiger partial charge >= 0.3 is 0 Å². The van der Waals surface area contributed by atoms with E-state index in [1.807, 2.05) is 36.2 Å². The number of nitrogens with one attached hydrogen (secondary N) is 1. The Morgan fingerprint density at radius 2 is 1.85 bits per heavy atom. The lowest BCUT2D eigenvalue weighted by Gasteiger charge is -2.32. The first kappa shape index (κ1) is 22.0. The summed E-state index contributed by atoms with van der Waals surface area (Å²) in [6.07, 6.45) is 3.20. The van der Waals surface area contributed by atoms with Gasteiger partial charge in [-0.15, -0.1) is 0 Å². The molecule has 2 aliphatic rings. The molecule has 176 valence electrons. The molecule has 3 heterocycles. The van der Waals surface area contributed by atoms with Crippen molar-refractivity contribution in [1.29, 1.82) is 0 Å². The van der Waals surface area contributed by atoms with Crippen LogP contribution in [0, 0.1) is 6.92 Å². The number of rotatable bonds is 4. The first-order chi connectivity index (χ1) is 16.3. The van der Waals surface area contributed by atoms with Crippen molar-refractivity contribution in [3.63, 3.8) is 0 Å². The van der Waals surface area contributed by atoms with Crippen molar-refractivity contribution in [3.05, 3.63) is 52.3 Å². The summed E-state index contributed by atoms with van der Waals surface area (Å²) in [6.45, 7) is 5.22. The van der Waals surface area contributed by atoms with Crippen LogP contribution in [0.1, 0.15) is 37.5 Å². The molecule has 2 aromatic heterocycles. The largest absolute Gasteiger partial charge is 0.364 e. The molecule has 10 nitrogen and oxygen atoms in total. The summed E-state index contributed by atoms with van der Waals surface area (Å²) in [5, 5.41) is 7.59. The second-order valence-corrected chi connectivity index (χ2v) is 8.98. The number of fused-ring (bicyclic) bond motifs is 3. The van der Waals surface area contributed by atoms with Gasteiger partial charge < -0.3 is 20.9 Å². The highest BCUT2D eigenvalue weighted by atomic mass is 16.2. The van der Waals surface area contributed by atoms with E-state index in [-0.39, 0.29) is 5.91 Å².